The molecule has 2 heteroatoms. The molecule has 0 amide bonds. The number of hydrogen-bond donors (Lipinski definition) is 0. The number of nitrogens with zero attached hydrogens (tertiary/aromatic N) is 1. The fourth-order valence-corrected chi connectivity index (χ4v) is 2.51. The first-order valence-electron chi connectivity index (χ1n) is 7.61. The summed E-state index contributed by atoms with van der Waals surface area (Å²) in [6.45, 7) is 2.12. The van der Waals surface area contributed by atoms with Gasteiger partial charge >= 0.3 is 0 Å². The van der Waals surface area contributed by atoms with E-state index in [0.29, 0.717) is 0 Å². The van der Waals surface area contributed by atoms with Crippen LogP contribution in [0, 0.1) is 6.92 Å². The van der Waals surface area contributed by atoms with Crippen LogP contribution in [0.2, 0.25) is 0 Å². The van der Waals surface area contributed by atoms with Crippen molar-refractivity contribution >= 4 is 12.2 Å². The third kappa shape index (κ3) is 3.49. The number of rotatable bonds is 4. The van der Waals surface area contributed by atoms with Crippen molar-refractivity contribution in [3.8, 4) is 17.0 Å². The standard InChI is InChI=1S/C21H19NO/c1-16-7-3-4-8-17(16)10-11-18-15-19(23-2)12-13-20(18)21-9-5-6-14-22-21/h3-15H,1-2H3/b11-10+. The van der Waals surface area contributed by atoms with Crippen LogP contribution in [0.5, 0.6) is 5.75 Å². The quantitative estimate of drug-likeness (QED) is 0.615. The number of methoxy groups -OCH3 is 1. The number of benzene rings is 2. The highest BCUT2D eigenvalue weighted by atomic mass is 16.5. The predicted molar refractivity (Wildman–Crippen MR) is 96.3 cm³/mol. The molecule has 0 unspecified atom stereocenters. The van der Waals surface area contributed by atoms with Crippen molar-refractivity contribution in [1.82, 2.24) is 4.98 Å². The van der Waals surface area contributed by atoms with Gasteiger partial charge in [-0.25, -0.2) is 0 Å². The summed E-state index contributed by atoms with van der Waals surface area (Å²) in [7, 11) is 1.69. The maximum absolute atomic E-state index is 5.37. The van der Waals surface area contributed by atoms with Gasteiger partial charge in [-0.15, -0.1) is 0 Å². The summed E-state index contributed by atoms with van der Waals surface area (Å²) in [6, 6.07) is 20.4. The molecule has 1 heterocycles. The molecule has 0 fully saturated rings. The first-order chi connectivity index (χ1) is 11.3. The lowest BCUT2D eigenvalue weighted by Gasteiger charge is -2.08. The predicted octanol–water partition coefficient (Wildman–Crippen LogP) is 5.24. The first kappa shape index (κ1) is 15.0. The Morgan fingerprint density at radius 2 is 1.65 bits per heavy atom. The van der Waals surface area contributed by atoms with Gasteiger partial charge in [0.15, 0.2) is 0 Å². The number of aryl methyl sites for hydroxylation is 1. The van der Waals surface area contributed by atoms with Crippen LogP contribution in [0.25, 0.3) is 23.4 Å². The summed E-state index contributed by atoms with van der Waals surface area (Å²) in [6.07, 6.45) is 6.07. The highest BCUT2D eigenvalue weighted by Gasteiger charge is 2.06. The molecule has 23 heavy (non-hydrogen) atoms. The molecule has 3 rings (SSSR count). The van der Waals surface area contributed by atoms with Crippen LogP contribution in [-0.4, -0.2) is 12.1 Å². The van der Waals surface area contributed by atoms with Crippen LogP contribution in [-0.2, 0) is 0 Å². The smallest absolute Gasteiger partial charge is 0.119 e. The topological polar surface area (TPSA) is 22.1 Å². The molecule has 1 aromatic heterocycles. The Hall–Kier alpha value is -2.87. The van der Waals surface area contributed by atoms with Crippen LogP contribution in [0.15, 0.2) is 66.9 Å². The van der Waals surface area contributed by atoms with E-state index < -0.39 is 0 Å². The van der Waals surface area contributed by atoms with Gasteiger partial charge in [-0.2, -0.15) is 0 Å². The van der Waals surface area contributed by atoms with Gasteiger partial charge in [0.2, 0.25) is 0 Å². The van der Waals surface area contributed by atoms with E-state index in [1.807, 2.05) is 36.5 Å². The molecule has 114 valence electrons. The molecule has 0 spiro atoms. The van der Waals surface area contributed by atoms with E-state index in [-0.39, 0.29) is 0 Å². The highest BCUT2D eigenvalue weighted by molar-refractivity contribution is 5.80. The zero-order valence-electron chi connectivity index (χ0n) is 13.4. The van der Waals surface area contributed by atoms with E-state index in [0.717, 1.165) is 22.6 Å². The van der Waals surface area contributed by atoms with Crippen LogP contribution >= 0.6 is 0 Å². The Kier molecular flexibility index (Phi) is 4.53. The summed E-state index contributed by atoms with van der Waals surface area (Å²) in [4.78, 5) is 4.46. The van der Waals surface area contributed by atoms with Crippen molar-refractivity contribution in [2.75, 3.05) is 7.11 Å². The van der Waals surface area contributed by atoms with Gasteiger partial charge in [0.25, 0.3) is 0 Å². The minimum absolute atomic E-state index is 0.842. The van der Waals surface area contributed by atoms with Gasteiger partial charge in [0.05, 0.1) is 12.8 Å². The SMILES string of the molecule is COc1ccc(-c2ccccn2)c(/C=C/c2ccccc2C)c1. The van der Waals surface area contributed by atoms with Crippen molar-refractivity contribution in [2.24, 2.45) is 0 Å². The van der Waals surface area contributed by atoms with Crippen LogP contribution in [0.4, 0.5) is 0 Å². The van der Waals surface area contributed by atoms with Crippen LogP contribution in [0.1, 0.15) is 16.7 Å². The molecule has 0 aliphatic heterocycles. The zero-order valence-corrected chi connectivity index (χ0v) is 13.4. The first-order valence-corrected chi connectivity index (χ1v) is 7.61. The molecule has 0 saturated heterocycles. The Morgan fingerprint density at radius 3 is 2.39 bits per heavy atom. The van der Waals surface area contributed by atoms with Crippen LogP contribution < -0.4 is 4.74 Å². The molecular formula is C21H19NO. The average molecular weight is 301 g/mol. The molecule has 0 aliphatic carbocycles. The van der Waals surface area contributed by atoms with E-state index in [9.17, 15) is 0 Å². The molecule has 0 N–H and O–H groups in total. The summed E-state index contributed by atoms with van der Waals surface area (Å²) in [5.41, 5.74) is 5.61. The monoisotopic (exact) mass is 301 g/mol. The van der Waals surface area contributed by atoms with Crippen molar-refractivity contribution in [2.45, 2.75) is 6.92 Å². The maximum atomic E-state index is 5.37. The highest BCUT2D eigenvalue weighted by Crippen LogP contribution is 2.27. The Labute approximate surface area is 137 Å². The lowest BCUT2D eigenvalue weighted by Crippen LogP contribution is -1.89. The number of aromatic nitrogens is 1. The van der Waals surface area contributed by atoms with E-state index in [4.69, 9.17) is 4.74 Å². The second-order valence-corrected chi connectivity index (χ2v) is 5.36. The van der Waals surface area contributed by atoms with E-state index in [1.54, 1.807) is 7.11 Å². The number of hydrogen-bond acceptors (Lipinski definition) is 2. The Balaban J connectivity index is 2.05. The molecule has 2 aromatic carbocycles. The fourth-order valence-electron chi connectivity index (χ4n) is 2.51. The van der Waals surface area contributed by atoms with Gasteiger partial charge in [-0.05, 0) is 53.9 Å². The molecule has 0 bridgehead atoms. The molecule has 3 aromatic rings. The van der Waals surface area contributed by atoms with Crippen molar-refractivity contribution in [3.63, 3.8) is 0 Å². The van der Waals surface area contributed by atoms with Gasteiger partial charge in [0.1, 0.15) is 5.75 Å². The molecule has 0 atom stereocenters. The summed E-state index contributed by atoms with van der Waals surface area (Å²) >= 11 is 0. The molecule has 0 radical (unpaired) electrons. The van der Waals surface area contributed by atoms with Crippen molar-refractivity contribution < 1.29 is 4.74 Å². The molecule has 0 saturated carbocycles. The second-order valence-electron chi connectivity index (χ2n) is 5.36. The average Bonchev–Trinajstić information content (AvgIpc) is 2.61. The van der Waals surface area contributed by atoms with Gasteiger partial charge in [-0.1, -0.05) is 42.5 Å². The fraction of sp³-hybridized carbons (Fsp3) is 0.0952. The van der Waals surface area contributed by atoms with Crippen molar-refractivity contribution in [1.29, 1.82) is 0 Å². The Morgan fingerprint density at radius 1 is 0.870 bits per heavy atom. The maximum Gasteiger partial charge on any atom is 0.119 e. The lowest BCUT2D eigenvalue weighted by atomic mass is 10.0. The van der Waals surface area contributed by atoms with Crippen molar-refractivity contribution in [3.05, 3.63) is 83.6 Å². The third-order valence-corrected chi connectivity index (χ3v) is 3.83. The normalized spacial score (nSPS) is 10.9. The molecule has 2 nitrogen and oxygen atoms in total. The Bertz CT molecular complexity index is 822. The van der Waals surface area contributed by atoms with Gasteiger partial charge in [0, 0.05) is 11.8 Å². The summed E-state index contributed by atoms with van der Waals surface area (Å²) in [5.74, 6) is 0.842. The zero-order chi connectivity index (χ0) is 16.1. The number of ether oxygens (including phenoxy) is 1. The van der Waals surface area contributed by atoms with Gasteiger partial charge in [-0.3, -0.25) is 4.98 Å². The largest absolute Gasteiger partial charge is 0.497 e. The second kappa shape index (κ2) is 6.93. The van der Waals surface area contributed by atoms with Crippen LogP contribution in [0.3, 0.4) is 0 Å². The third-order valence-electron chi connectivity index (χ3n) is 3.83. The molecule has 0 aliphatic rings. The van der Waals surface area contributed by atoms with Gasteiger partial charge < -0.3 is 4.74 Å². The summed E-state index contributed by atoms with van der Waals surface area (Å²) in [5, 5.41) is 0. The van der Waals surface area contributed by atoms with E-state index in [1.165, 1.54) is 11.1 Å². The molecular weight excluding hydrogens is 282 g/mol. The minimum atomic E-state index is 0.842. The van der Waals surface area contributed by atoms with E-state index >= 15 is 0 Å². The lowest BCUT2D eigenvalue weighted by molar-refractivity contribution is 0.415. The minimum Gasteiger partial charge on any atom is -0.497 e. The van der Waals surface area contributed by atoms with E-state index in [2.05, 4.69) is 54.4 Å². The number of pyridine rings is 1. The summed E-state index contributed by atoms with van der Waals surface area (Å²) < 4.78 is 5.37.